The molecule has 92 valence electrons. The summed E-state index contributed by atoms with van der Waals surface area (Å²) >= 11 is 1.68. The number of carboxylic acid groups (broad SMARTS) is 1. The SMILES string of the molecule is C=C(CC(=O)O)NOCc1ccc(SC)cc1. The topological polar surface area (TPSA) is 58.6 Å². The summed E-state index contributed by atoms with van der Waals surface area (Å²) < 4.78 is 0. The van der Waals surface area contributed by atoms with Crippen molar-refractivity contribution in [1.82, 2.24) is 5.48 Å². The molecule has 0 bridgehead atoms. The van der Waals surface area contributed by atoms with Gasteiger partial charge >= 0.3 is 5.97 Å². The summed E-state index contributed by atoms with van der Waals surface area (Å²) in [6.07, 6.45) is 1.87. The smallest absolute Gasteiger partial charge is 0.309 e. The summed E-state index contributed by atoms with van der Waals surface area (Å²) in [7, 11) is 0. The lowest BCUT2D eigenvalue weighted by Crippen LogP contribution is -2.15. The van der Waals surface area contributed by atoms with Crippen LogP contribution in [0.15, 0.2) is 41.4 Å². The Hall–Kier alpha value is -1.46. The molecule has 0 fully saturated rings. The van der Waals surface area contributed by atoms with Crippen LogP contribution in [0, 0.1) is 0 Å². The fraction of sp³-hybridized carbons (Fsp3) is 0.250. The van der Waals surface area contributed by atoms with Gasteiger partial charge in [-0.05, 0) is 24.0 Å². The number of rotatable bonds is 7. The predicted octanol–water partition coefficient (Wildman–Crippen LogP) is 2.42. The number of hydrogen-bond acceptors (Lipinski definition) is 4. The zero-order valence-corrected chi connectivity index (χ0v) is 10.4. The van der Waals surface area contributed by atoms with Crippen molar-refractivity contribution in [3.63, 3.8) is 0 Å². The highest BCUT2D eigenvalue weighted by molar-refractivity contribution is 7.98. The van der Waals surface area contributed by atoms with E-state index in [1.54, 1.807) is 11.8 Å². The summed E-state index contributed by atoms with van der Waals surface area (Å²) in [4.78, 5) is 16.7. The minimum atomic E-state index is -0.935. The summed E-state index contributed by atoms with van der Waals surface area (Å²) in [5.74, 6) is -0.935. The molecule has 0 saturated carbocycles. The van der Waals surface area contributed by atoms with Crippen LogP contribution in [0.2, 0.25) is 0 Å². The molecule has 4 nitrogen and oxygen atoms in total. The number of hydroxylamine groups is 1. The first-order chi connectivity index (χ1) is 8.11. The summed E-state index contributed by atoms with van der Waals surface area (Å²) in [5, 5.41) is 8.50. The van der Waals surface area contributed by atoms with Gasteiger partial charge in [0.1, 0.15) is 0 Å². The van der Waals surface area contributed by atoms with Crippen molar-refractivity contribution in [3.05, 3.63) is 42.1 Å². The lowest BCUT2D eigenvalue weighted by atomic mass is 10.2. The van der Waals surface area contributed by atoms with Crippen molar-refractivity contribution in [2.45, 2.75) is 17.9 Å². The largest absolute Gasteiger partial charge is 0.481 e. The average molecular weight is 253 g/mol. The molecule has 1 aromatic carbocycles. The molecule has 1 aromatic rings. The Morgan fingerprint density at radius 3 is 2.65 bits per heavy atom. The number of hydrogen-bond donors (Lipinski definition) is 2. The van der Waals surface area contributed by atoms with Gasteiger partial charge < -0.3 is 5.11 Å². The molecule has 0 radical (unpaired) electrons. The first-order valence-corrected chi connectivity index (χ1v) is 6.24. The van der Waals surface area contributed by atoms with E-state index in [2.05, 4.69) is 12.1 Å². The van der Waals surface area contributed by atoms with Crippen molar-refractivity contribution in [1.29, 1.82) is 0 Å². The fourth-order valence-electron chi connectivity index (χ4n) is 1.16. The first kappa shape index (κ1) is 13.6. The van der Waals surface area contributed by atoms with Crippen LogP contribution in [0.3, 0.4) is 0 Å². The molecule has 17 heavy (non-hydrogen) atoms. The number of aliphatic carboxylic acids is 1. The van der Waals surface area contributed by atoms with Crippen LogP contribution in [0.1, 0.15) is 12.0 Å². The third-order valence-corrected chi connectivity index (χ3v) is 2.72. The summed E-state index contributed by atoms with van der Waals surface area (Å²) in [5.41, 5.74) is 3.85. The molecular weight excluding hydrogens is 238 g/mol. The second kappa shape index (κ2) is 6.98. The van der Waals surface area contributed by atoms with Gasteiger partial charge in [0, 0.05) is 10.6 Å². The van der Waals surface area contributed by atoms with Gasteiger partial charge in [-0.1, -0.05) is 18.7 Å². The molecule has 2 N–H and O–H groups in total. The molecule has 0 amide bonds. The maximum absolute atomic E-state index is 10.4. The minimum Gasteiger partial charge on any atom is -0.481 e. The zero-order valence-electron chi connectivity index (χ0n) is 9.60. The summed E-state index contributed by atoms with van der Waals surface area (Å²) in [6.45, 7) is 3.90. The van der Waals surface area contributed by atoms with Gasteiger partial charge in [0.2, 0.25) is 0 Å². The standard InChI is InChI=1S/C12H15NO3S/c1-9(7-12(14)15)13-16-8-10-3-5-11(17-2)6-4-10/h3-6,13H,1,7-8H2,2H3,(H,14,15). The summed E-state index contributed by atoms with van der Waals surface area (Å²) in [6, 6.07) is 7.95. The lowest BCUT2D eigenvalue weighted by Gasteiger charge is -2.08. The molecule has 0 aliphatic carbocycles. The van der Waals surface area contributed by atoms with Gasteiger partial charge in [0.25, 0.3) is 0 Å². The van der Waals surface area contributed by atoms with Crippen molar-refractivity contribution in [2.75, 3.05) is 6.26 Å². The Balaban J connectivity index is 2.30. The Morgan fingerprint density at radius 2 is 2.12 bits per heavy atom. The molecule has 0 unspecified atom stereocenters. The van der Waals surface area contributed by atoms with Crippen molar-refractivity contribution < 1.29 is 14.7 Å². The lowest BCUT2D eigenvalue weighted by molar-refractivity contribution is -0.136. The van der Waals surface area contributed by atoms with E-state index in [1.165, 1.54) is 4.90 Å². The van der Waals surface area contributed by atoms with Crippen LogP contribution in [-0.2, 0) is 16.2 Å². The van der Waals surface area contributed by atoms with Crippen LogP contribution < -0.4 is 5.48 Å². The molecular formula is C12H15NO3S. The molecule has 0 atom stereocenters. The Morgan fingerprint density at radius 1 is 1.47 bits per heavy atom. The van der Waals surface area contributed by atoms with E-state index >= 15 is 0 Å². The molecule has 0 aliphatic heterocycles. The monoisotopic (exact) mass is 253 g/mol. The highest BCUT2D eigenvalue weighted by Gasteiger charge is 2.01. The van der Waals surface area contributed by atoms with Crippen LogP contribution in [0.25, 0.3) is 0 Å². The van der Waals surface area contributed by atoms with E-state index in [4.69, 9.17) is 9.94 Å². The van der Waals surface area contributed by atoms with Gasteiger partial charge in [-0.2, -0.15) is 0 Å². The number of thioether (sulfide) groups is 1. The van der Waals surface area contributed by atoms with Gasteiger partial charge in [-0.3, -0.25) is 15.1 Å². The molecule has 1 rings (SSSR count). The molecule has 0 aromatic heterocycles. The van der Waals surface area contributed by atoms with E-state index in [9.17, 15) is 4.79 Å². The zero-order chi connectivity index (χ0) is 12.7. The number of benzene rings is 1. The van der Waals surface area contributed by atoms with Gasteiger partial charge in [0.05, 0.1) is 13.0 Å². The average Bonchev–Trinajstić information content (AvgIpc) is 2.29. The van der Waals surface area contributed by atoms with Crippen molar-refractivity contribution >= 4 is 17.7 Å². The van der Waals surface area contributed by atoms with E-state index in [0.717, 1.165) is 5.56 Å². The van der Waals surface area contributed by atoms with Crippen LogP contribution >= 0.6 is 11.8 Å². The van der Waals surface area contributed by atoms with Crippen LogP contribution in [0.5, 0.6) is 0 Å². The van der Waals surface area contributed by atoms with Crippen LogP contribution in [0.4, 0.5) is 0 Å². The number of carboxylic acids is 1. The Kier molecular flexibility index (Phi) is 5.59. The third-order valence-electron chi connectivity index (χ3n) is 1.98. The van der Waals surface area contributed by atoms with E-state index in [1.807, 2.05) is 30.5 Å². The molecule has 5 heteroatoms. The van der Waals surface area contributed by atoms with Gasteiger partial charge in [0.15, 0.2) is 0 Å². The Bertz CT molecular complexity index is 389. The second-order valence-corrected chi connectivity index (χ2v) is 4.29. The van der Waals surface area contributed by atoms with E-state index in [-0.39, 0.29) is 6.42 Å². The van der Waals surface area contributed by atoms with E-state index in [0.29, 0.717) is 12.3 Å². The fourth-order valence-corrected chi connectivity index (χ4v) is 1.57. The highest BCUT2D eigenvalue weighted by Crippen LogP contribution is 2.15. The highest BCUT2D eigenvalue weighted by atomic mass is 32.2. The molecule has 0 spiro atoms. The second-order valence-electron chi connectivity index (χ2n) is 3.41. The Labute approximate surface area is 105 Å². The normalized spacial score (nSPS) is 9.94. The van der Waals surface area contributed by atoms with Crippen molar-refractivity contribution in [2.24, 2.45) is 0 Å². The van der Waals surface area contributed by atoms with Crippen LogP contribution in [-0.4, -0.2) is 17.3 Å². The maximum atomic E-state index is 10.4. The van der Waals surface area contributed by atoms with E-state index < -0.39 is 5.97 Å². The van der Waals surface area contributed by atoms with Gasteiger partial charge in [-0.15, -0.1) is 11.8 Å². The molecule has 0 heterocycles. The molecule has 0 saturated heterocycles. The first-order valence-electron chi connectivity index (χ1n) is 5.02. The van der Waals surface area contributed by atoms with Gasteiger partial charge in [-0.25, -0.2) is 0 Å². The molecule has 0 aliphatic rings. The number of carbonyl (C=O) groups is 1. The minimum absolute atomic E-state index is 0.147. The van der Waals surface area contributed by atoms with Crippen molar-refractivity contribution in [3.8, 4) is 0 Å². The predicted molar refractivity (Wildman–Crippen MR) is 67.5 cm³/mol. The maximum Gasteiger partial charge on any atom is 0.309 e. The quantitative estimate of drug-likeness (QED) is 0.577. The third kappa shape index (κ3) is 5.42. The number of nitrogens with one attached hydrogen (secondary N) is 1.